The number of carbonyl (C=O) groups is 2. The summed E-state index contributed by atoms with van der Waals surface area (Å²) in [6.45, 7) is 2.16. The smallest absolute Gasteiger partial charge is 0.270 e. The van der Waals surface area contributed by atoms with E-state index in [1.807, 2.05) is 30.3 Å². The summed E-state index contributed by atoms with van der Waals surface area (Å²) in [5.74, 6) is 0.0338. The Bertz CT molecular complexity index is 1020. The molecule has 0 spiro atoms. The molecule has 4 heteroatoms. The van der Waals surface area contributed by atoms with E-state index in [1.54, 1.807) is 6.08 Å². The standard InChI is InChI=1S/C21H18N2O2/c1-13-10-15-4-2-3-5-17(15)21(13)23-19(24)9-7-14-6-8-16-12-20(25)22-18(16)11-14/h2-9,11-13,21H,10H2,1H3,(H,23,24)/b9-7+. The number of nitrogens with one attached hydrogen (secondary N) is 1. The predicted molar refractivity (Wildman–Crippen MR) is 95.9 cm³/mol. The molecule has 0 aromatic heterocycles. The number of nitrogens with zero attached hydrogens (tertiary/aromatic N) is 1. The second-order valence-electron chi connectivity index (χ2n) is 6.61. The Balaban J connectivity index is 1.49. The van der Waals surface area contributed by atoms with E-state index in [2.05, 4.69) is 29.4 Å². The van der Waals surface area contributed by atoms with Gasteiger partial charge in [-0.2, -0.15) is 0 Å². The molecule has 4 nitrogen and oxygen atoms in total. The van der Waals surface area contributed by atoms with Crippen LogP contribution in [0.3, 0.4) is 0 Å². The van der Waals surface area contributed by atoms with Gasteiger partial charge in [-0.3, -0.25) is 9.59 Å². The third-order valence-corrected chi connectivity index (χ3v) is 4.79. The lowest BCUT2D eigenvalue weighted by molar-refractivity contribution is -0.117. The van der Waals surface area contributed by atoms with Gasteiger partial charge in [-0.15, -0.1) is 0 Å². The first-order valence-corrected chi connectivity index (χ1v) is 8.41. The zero-order chi connectivity index (χ0) is 17.4. The highest BCUT2D eigenvalue weighted by Gasteiger charge is 2.29. The van der Waals surface area contributed by atoms with Gasteiger partial charge in [0.05, 0.1) is 11.4 Å². The molecular formula is C21H18N2O2. The van der Waals surface area contributed by atoms with Gasteiger partial charge in [0.25, 0.3) is 5.91 Å². The van der Waals surface area contributed by atoms with Gasteiger partial charge in [0.15, 0.2) is 0 Å². The molecule has 124 valence electrons. The van der Waals surface area contributed by atoms with Crippen molar-refractivity contribution in [3.8, 4) is 0 Å². The van der Waals surface area contributed by atoms with Crippen LogP contribution in [0, 0.1) is 5.92 Å². The summed E-state index contributed by atoms with van der Waals surface area (Å²) in [6, 6.07) is 13.8. The van der Waals surface area contributed by atoms with Crippen molar-refractivity contribution in [3.63, 3.8) is 0 Å². The molecule has 1 aliphatic heterocycles. The fourth-order valence-electron chi connectivity index (χ4n) is 3.56. The highest BCUT2D eigenvalue weighted by Crippen LogP contribution is 2.35. The van der Waals surface area contributed by atoms with Crippen molar-refractivity contribution in [1.29, 1.82) is 0 Å². The molecule has 2 aromatic carbocycles. The van der Waals surface area contributed by atoms with Crippen molar-refractivity contribution in [2.24, 2.45) is 10.9 Å². The number of amides is 2. The zero-order valence-corrected chi connectivity index (χ0v) is 13.9. The van der Waals surface area contributed by atoms with E-state index in [-0.39, 0.29) is 17.9 Å². The fraction of sp³-hybridized carbons (Fsp3) is 0.190. The number of fused-ring (bicyclic) bond motifs is 2. The molecule has 2 unspecified atom stereocenters. The normalized spacial score (nSPS) is 20.8. The molecule has 25 heavy (non-hydrogen) atoms. The molecular weight excluding hydrogens is 312 g/mol. The van der Waals surface area contributed by atoms with Crippen LogP contribution in [0.25, 0.3) is 12.2 Å². The minimum Gasteiger partial charge on any atom is -0.345 e. The summed E-state index contributed by atoms with van der Waals surface area (Å²) in [7, 11) is 0. The van der Waals surface area contributed by atoms with E-state index in [0.717, 1.165) is 17.2 Å². The Hall–Kier alpha value is -3.01. The van der Waals surface area contributed by atoms with Crippen LogP contribution in [0.1, 0.15) is 29.7 Å². The molecule has 0 radical (unpaired) electrons. The molecule has 0 saturated heterocycles. The molecule has 2 amide bonds. The van der Waals surface area contributed by atoms with Gasteiger partial charge in [0.2, 0.25) is 5.91 Å². The maximum atomic E-state index is 12.3. The first kappa shape index (κ1) is 15.5. The van der Waals surface area contributed by atoms with Gasteiger partial charge in [-0.25, -0.2) is 4.99 Å². The summed E-state index contributed by atoms with van der Waals surface area (Å²) in [6.07, 6.45) is 5.78. The van der Waals surface area contributed by atoms with Crippen LogP contribution < -0.4 is 15.9 Å². The number of hydrogen-bond donors (Lipinski definition) is 1. The Morgan fingerprint density at radius 1 is 1.24 bits per heavy atom. The van der Waals surface area contributed by atoms with Gasteiger partial charge >= 0.3 is 0 Å². The molecule has 4 rings (SSSR count). The maximum Gasteiger partial charge on any atom is 0.270 e. The lowest BCUT2D eigenvalue weighted by Crippen LogP contribution is -2.29. The lowest BCUT2D eigenvalue weighted by atomic mass is 10.0. The van der Waals surface area contributed by atoms with Crippen molar-refractivity contribution in [2.75, 3.05) is 0 Å². The van der Waals surface area contributed by atoms with Crippen LogP contribution in [0.15, 0.2) is 53.5 Å². The van der Waals surface area contributed by atoms with Crippen LogP contribution in [0.4, 0.5) is 0 Å². The van der Waals surface area contributed by atoms with Crippen molar-refractivity contribution in [2.45, 2.75) is 19.4 Å². The molecule has 0 fully saturated rings. The molecule has 2 atom stereocenters. The Labute approximate surface area is 145 Å². The molecule has 2 aliphatic rings. The van der Waals surface area contributed by atoms with Crippen LogP contribution in [-0.4, -0.2) is 11.8 Å². The number of carbonyl (C=O) groups excluding carboxylic acids is 2. The minimum atomic E-state index is -0.234. The number of hydrogen-bond acceptors (Lipinski definition) is 2. The van der Waals surface area contributed by atoms with Crippen molar-refractivity contribution < 1.29 is 9.59 Å². The zero-order valence-electron chi connectivity index (χ0n) is 13.9. The lowest BCUT2D eigenvalue weighted by Gasteiger charge is -2.17. The highest BCUT2D eigenvalue weighted by molar-refractivity contribution is 6.06. The Kier molecular flexibility index (Phi) is 3.80. The Morgan fingerprint density at radius 3 is 2.96 bits per heavy atom. The summed E-state index contributed by atoms with van der Waals surface area (Å²) in [5, 5.41) is 4.59. The molecule has 1 aliphatic carbocycles. The number of benzene rings is 2. The fourth-order valence-corrected chi connectivity index (χ4v) is 3.56. The van der Waals surface area contributed by atoms with Gasteiger partial charge in [-0.1, -0.05) is 43.3 Å². The monoisotopic (exact) mass is 330 g/mol. The SMILES string of the molecule is CC1Cc2ccccc2C1NC(=O)/C=C/c1ccc2c(c1)=NC(=O)C=2. The molecule has 2 aromatic rings. The van der Waals surface area contributed by atoms with Gasteiger partial charge in [0, 0.05) is 17.4 Å². The third-order valence-electron chi connectivity index (χ3n) is 4.79. The predicted octanol–water partition coefficient (Wildman–Crippen LogP) is 1.69. The van der Waals surface area contributed by atoms with E-state index in [0.29, 0.717) is 11.3 Å². The van der Waals surface area contributed by atoms with E-state index in [1.165, 1.54) is 23.3 Å². The van der Waals surface area contributed by atoms with E-state index >= 15 is 0 Å². The first-order valence-electron chi connectivity index (χ1n) is 8.41. The van der Waals surface area contributed by atoms with Crippen LogP contribution in [0.5, 0.6) is 0 Å². The molecule has 1 N–H and O–H groups in total. The quantitative estimate of drug-likeness (QED) is 0.871. The summed E-state index contributed by atoms with van der Waals surface area (Å²) in [5.41, 5.74) is 3.37. The van der Waals surface area contributed by atoms with Gasteiger partial charge in [-0.05, 0) is 41.2 Å². The second-order valence-corrected chi connectivity index (χ2v) is 6.61. The number of rotatable bonds is 3. The van der Waals surface area contributed by atoms with Crippen molar-refractivity contribution >= 4 is 24.0 Å². The van der Waals surface area contributed by atoms with Gasteiger partial charge in [0.1, 0.15) is 0 Å². The highest BCUT2D eigenvalue weighted by atomic mass is 16.2. The van der Waals surface area contributed by atoms with E-state index in [9.17, 15) is 9.59 Å². The molecule has 0 saturated carbocycles. The largest absolute Gasteiger partial charge is 0.345 e. The topological polar surface area (TPSA) is 58.5 Å². The minimum absolute atomic E-state index is 0.0515. The van der Waals surface area contributed by atoms with Crippen molar-refractivity contribution in [1.82, 2.24) is 5.32 Å². The first-order chi connectivity index (χ1) is 12.1. The summed E-state index contributed by atoms with van der Waals surface area (Å²) in [4.78, 5) is 27.6. The van der Waals surface area contributed by atoms with Crippen LogP contribution in [-0.2, 0) is 16.0 Å². The Morgan fingerprint density at radius 2 is 2.08 bits per heavy atom. The third kappa shape index (κ3) is 3.03. The second kappa shape index (κ2) is 6.13. The average molecular weight is 330 g/mol. The summed E-state index contributed by atoms with van der Waals surface area (Å²) < 4.78 is 0. The van der Waals surface area contributed by atoms with E-state index in [4.69, 9.17) is 0 Å². The summed E-state index contributed by atoms with van der Waals surface area (Å²) >= 11 is 0. The van der Waals surface area contributed by atoms with Gasteiger partial charge < -0.3 is 5.32 Å². The molecule has 1 heterocycles. The maximum absolute atomic E-state index is 12.3. The van der Waals surface area contributed by atoms with Crippen molar-refractivity contribution in [3.05, 3.63) is 75.8 Å². The average Bonchev–Trinajstić information content (AvgIpc) is 3.11. The molecule has 0 bridgehead atoms. The van der Waals surface area contributed by atoms with E-state index < -0.39 is 0 Å². The van der Waals surface area contributed by atoms with Crippen LogP contribution >= 0.6 is 0 Å². The van der Waals surface area contributed by atoms with Crippen LogP contribution in [0.2, 0.25) is 0 Å².